The number of aliphatic hydroxyl groups is 3. The molecule has 0 saturated heterocycles. The number of hydrogen-bond donors (Lipinski definition) is 4. The molecule has 0 aromatic heterocycles. The number of nitrogens with two attached hydrogens (primary N) is 1. The zero-order valence-corrected chi connectivity index (χ0v) is 22.0. The van der Waals surface area contributed by atoms with E-state index in [1.807, 2.05) is 0 Å². The number of rotatable bonds is 25. The van der Waals surface area contributed by atoms with Gasteiger partial charge in [-0.3, -0.25) is 4.79 Å². The van der Waals surface area contributed by atoms with E-state index in [4.69, 9.17) is 5.73 Å². The molecule has 0 aliphatic carbocycles. The van der Waals surface area contributed by atoms with E-state index in [2.05, 4.69) is 13.8 Å². The second-order valence-corrected chi connectivity index (χ2v) is 10.1. The topological polar surface area (TPSA) is 104 Å². The van der Waals surface area contributed by atoms with Crippen molar-refractivity contribution in [2.24, 2.45) is 11.7 Å². The fourth-order valence-electron chi connectivity index (χ4n) is 4.62. The van der Waals surface area contributed by atoms with E-state index >= 15 is 0 Å². The fourth-order valence-corrected chi connectivity index (χ4v) is 4.62. The van der Waals surface area contributed by atoms with Crippen molar-refractivity contribution < 1.29 is 20.1 Å². The van der Waals surface area contributed by atoms with Gasteiger partial charge < -0.3 is 21.1 Å². The summed E-state index contributed by atoms with van der Waals surface area (Å²) < 4.78 is 0. The maximum Gasteiger partial charge on any atom is 0.170 e. The Morgan fingerprint density at radius 3 is 1.27 bits per heavy atom. The van der Waals surface area contributed by atoms with Crippen LogP contribution in [0, 0.1) is 5.92 Å². The van der Waals surface area contributed by atoms with Crippen LogP contribution in [0.15, 0.2) is 0 Å². The molecule has 0 aliphatic heterocycles. The Hall–Kier alpha value is -0.490. The Labute approximate surface area is 204 Å². The molecular weight excluding hydrogens is 414 g/mol. The first-order valence-corrected chi connectivity index (χ1v) is 14.3. The Morgan fingerprint density at radius 1 is 0.576 bits per heavy atom. The molecule has 0 spiro atoms. The van der Waals surface area contributed by atoms with Gasteiger partial charge in [0.05, 0.1) is 12.0 Å². The third-order valence-corrected chi connectivity index (χ3v) is 6.87. The van der Waals surface area contributed by atoms with Gasteiger partial charge in [-0.2, -0.15) is 0 Å². The molecule has 0 heterocycles. The Bertz CT molecular complexity index is 430. The normalized spacial score (nSPS) is 15.3. The van der Waals surface area contributed by atoms with Gasteiger partial charge in [-0.25, -0.2) is 0 Å². The van der Waals surface area contributed by atoms with Crippen LogP contribution in [0.5, 0.6) is 0 Å². The number of hydrogen-bond acceptors (Lipinski definition) is 5. The van der Waals surface area contributed by atoms with Crippen molar-refractivity contribution in [2.75, 3.05) is 0 Å². The number of ketones is 1. The van der Waals surface area contributed by atoms with Gasteiger partial charge in [0, 0.05) is 0 Å². The van der Waals surface area contributed by atoms with Crippen LogP contribution in [0.2, 0.25) is 0 Å². The van der Waals surface area contributed by atoms with Crippen LogP contribution in [0.3, 0.4) is 0 Å². The predicted octanol–water partition coefficient (Wildman–Crippen LogP) is 6.40. The number of Topliss-reactive ketones (excluding diaryl/α,β-unsaturated/α-hetero) is 1. The SMILES string of the molecule is CCCCCCCCCCCCCCC[C@@H](O)[C@H](C(=O)C(O)CCCCCCCC)C(N)O. The molecule has 0 radical (unpaired) electrons. The standard InChI is InChI=1S/C28H57NO4/c1-3-5-7-9-11-12-13-14-15-16-17-19-20-22-24(30)26(28(29)33)27(32)25(31)23-21-18-10-8-6-4-2/h24-26,28,30-31,33H,3-23,29H2,1-2H3/t24-,25?,26-,28?/m1/s1. The van der Waals surface area contributed by atoms with Gasteiger partial charge in [-0.05, 0) is 12.8 Å². The summed E-state index contributed by atoms with van der Waals surface area (Å²) in [5.74, 6) is -1.61. The summed E-state index contributed by atoms with van der Waals surface area (Å²) in [4.78, 5) is 12.6. The third kappa shape index (κ3) is 18.5. The molecule has 5 nitrogen and oxygen atoms in total. The highest BCUT2D eigenvalue weighted by Gasteiger charge is 2.34. The van der Waals surface area contributed by atoms with Gasteiger partial charge in [0.1, 0.15) is 12.3 Å². The van der Waals surface area contributed by atoms with Gasteiger partial charge >= 0.3 is 0 Å². The zero-order valence-electron chi connectivity index (χ0n) is 22.0. The molecule has 4 atom stereocenters. The van der Waals surface area contributed by atoms with Gasteiger partial charge in [0.15, 0.2) is 5.78 Å². The summed E-state index contributed by atoms with van der Waals surface area (Å²) in [6, 6.07) is 0. The van der Waals surface area contributed by atoms with Crippen molar-refractivity contribution in [2.45, 2.75) is 167 Å². The fraction of sp³-hybridized carbons (Fsp3) is 0.964. The third-order valence-electron chi connectivity index (χ3n) is 6.87. The quantitative estimate of drug-likeness (QED) is 0.0910. The Balaban J connectivity index is 3.90. The Kier molecular flexibility index (Phi) is 22.9. The molecule has 0 fully saturated rings. The van der Waals surface area contributed by atoms with E-state index < -0.39 is 30.1 Å². The first-order valence-electron chi connectivity index (χ1n) is 14.3. The predicted molar refractivity (Wildman–Crippen MR) is 139 cm³/mol. The molecule has 2 unspecified atom stereocenters. The molecule has 0 aliphatic rings. The monoisotopic (exact) mass is 471 g/mol. The molecule has 5 heteroatoms. The van der Waals surface area contributed by atoms with E-state index in [1.165, 1.54) is 83.5 Å². The molecule has 5 N–H and O–H groups in total. The average Bonchev–Trinajstić information content (AvgIpc) is 2.78. The summed E-state index contributed by atoms with van der Waals surface area (Å²) >= 11 is 0. The van der Waals surface area contributed by atoms with Crippen molar-refractivity contribution in [1.82, 2.24) is 0 Å². The highest BCUT2D eigenvalue weighted by molar-refractivity contribution is 5.86. The lowest BCUT2D eigenvalue weighted by Crippen LogP contribution is -2.47. The van der Waals surface area contributed by atoms with E-state index in [-0.39, 0.29) is 0 Å². The average molecular weight is 472 g/mol. The summed E-state index contributed by atoms with van der Waals surface area (Å²) in [6.07, 6.45) is 19.9. The van der Waals surface area contributed by atoms with Crippen molar-refractivity contribution in [1.29, 1.82) is 0 Å². The summed E-state index contributed by atoms with van der Waals surface area (Å²) in [5, 5.41) is 30.6. The number of carbonyl (C=O) groups excluding carboxylic acids is 1. The van der Waals surface area contributed by atoms with Crippen LogP contribution >= 0.6 is 0 Å². The van der Waals surface area contributed by atoms with Crippen LogP contribution in [0.25, 0.3) is 0 Å². The van der Waals surface area contributed by atoms with E-state index in [0.29, 0.717) is 12.8 Å². The van der Waals surface area contributed by atoms with E-state index in [0.717, 1.165) is 38.5 Å². The minimum absolute atomic E-state index is 0.375. The molecule has 0 amide bonds. The molecule has 198 valence electrons. The molecule has 0 aromatic carbocycles. The van der Waals surface area contributed by atoms with Crippen LogP contribution in [0.4, 0.5) is 0 Å². The van der Waals surface area contributed by atoms with Crippen molar-refractivity contribution in [3.63, 3.8) is 0 Å². The first-order chi connectivity index (χ1) is 16.0. The maximum absolute atomic E-state index is 12.6. The minimum Gasteiger partial charge on any atom is -0.392 e. The lowest BCUT2D eigenvalue weighted by atomic mass is 9.87. The first kappa shape index (κ1) is 32.5. The number of carbonyl (C=O) groups is 1. The largest absolute Gasteiger partial charge is 0.392 e. The highest BCUT2D eigenvalue weighted by atomic mass is 16.3. The molecule has 0 bridgehead atoms. The van der Waals surface area contributed by atoms with Gasteiger partial charge in [-0.1, -0.05) is 136 Å². The van der Waals surface area contributed by atoms with Gasteiger partial charge in [0.25, 0.3) is 0 Å². The van der Waals surface area contributed by atoms with Crippen LogP contribution in [0.1, 0.15) is 149 Å². The highest BCUT2D eigenvalue weighted by Crippen LogP contribution is 2.20. The van der Waals surface area contributed by atoms with Crippen molar-refractivity contribution in [3.8, 4) is 0 Å². The summed E-state index contributed by atoms with van der Waals surface area (Å²) in [5.41, 5.74) is 5.59. The van der Waals surface area contributed by atoms with Crippen LogP contribution in [-0.2, 0) is 4.79 Å². The molecule has 0 aromatic rings. The number of aliphatic hydroxyl groups excluding tert-OH is 3. The lowest BCUT2D eigenvalue weighted by molar-refractivity contribution is -0.140. The minimum atomic E-state index is -1.44. The lowest BCUT2D eigenvalue weighted by Gasteiger charge is -2.26. The van der Waals surface area contributed by atoms with Gasteiger partial charge in [0.2, 0.25) is 0 Å². The second kappa shape index (κ2) is 23.3. The molecular formula is C28H57NO4. The summed E-state index contributed by atoms with van der Waals surface area (Å²) in [6.45, 7) is 4.42. The zero-order chi connectivity index (χ0) is 24.7. The Morgan fingerprint density at radius 2 is 0.909 bits per heavy atom. The summed E-state index contributed by atoms with van der Waals surface area (Å²) in [7, 11) is 0. The molecule has 33 heavy (non-hydrogen) atoms. The van der Waals surface area contributed by atoms with Gasteiger partial charge in [-0.15, -0.1) is 0 Å². The molecule has 0 rings (SSSR count). The van der Waals surface area contributed by atoms with E-state index in [1.54, 1.807) is 0 Å². The maximum atomic E-state index is 12.6. The van der Waals surface area contributed by atoms with Crippen molar-refractivity contribution in [3.05, 3.63) is 0 Å². The molecule has 0 saturated carbocycles. The smallest absolute Gasteiger partial charge is 0.170 e. The van der Waals surface area contributed by atoms with Crippen LogP contribution < -0.4 is 5.73 Å². The van der Waals surface area contributed by atoms with E-state index in [9.17, 15) is 20.1 Å². The van der Waals surface area contributed by atoms with Crippen LogP contribution in [-0.4, -0.2) is 39.5 Å². The number of unbranched alkanes of at least 4 members (excludes halogenated alkanes) is 17. The second-order valence-electron chi connectivity index (χ2n) is 10.1. The van der Waals surface area contributed by atoms with Crippen molar-refractivity contribution >= 4 is 5.78 Å².